The Balaban J connectivity index is 3.42. The molecule has 0 radical (unpaired) electrons. The van der Waals surface area contributed by atoms with Gasteiger partial charge in [-0.1, -0.05) is 34.1 Å². The summed E-state index contributed by atoms with van der Waals surface area (Å²) in [6, 6.07) is 0. The van der Waals surface area contributed by atoms with Crippen LogP contribution in [0.3, 0.4) is 0 Å². The van der Waals surface area contributed by atoms with Gasteiger partial charge in [-0.05, 0) is 24.7 Å². The van der Waals surface area contributed by atoms with Gasteiger partial charge in [-0.3, -0.25) is 4.79 Å². The number of hydrogen-bond donors (Lipinski definition) is 0. The summed E-state index contributed by atoms with van der Waals surface area (Å²) in [5.41, 5.74) is 0.386. The zero-order chi connectivity index (χ0) is 11.0. The van der Waals surface area contributed by atoms with Gasteiger partial charge in [-0.2, -0.15) is 0 Å². The molecule has 0 bridgehead atoms. The molecule has 2 nitrogen and oxygen atoms in total. The smallest absolute Gasteiger partial charge is 0.305 e. The summed E-state index contributed by atoms with van der Waals surface area (Å²) in [5.74, 6) is -0.0539. The lowest BCUT2D eigenvalue weighted by atomic mass is 9.85. The normalized spacial score (nSPS) is 11.4. The molecule has 0 rings (SSSR count). The van der Waals surface area contributed by atoms with Crippen molar-refractivity contribution in [3.8, 4) is 0 Å². The molecule has 2 heteroatoms. The van der Waals surface area contributed by atoms with E-state index in [9.17, 15) is 4.79 Å². The molecule has 84 valence electrons. The van der Waals surface area contributed by atoms with Gasteiger partial charge in [0.2, 0.25) is 0 Å². The number of esters is 1. The Hall–Kier alpha value is -0.530. The molecule has 0 aliphatic rings. The highest BCUT2D eigenvalue weighted by Crippen LogP contribution is 2.25. The van der Waals surface area contributed by atoms with Crippen molar-refractivity contribution in [1.82, 2.24) is 0 Å². The fourth-order valence-corrected chi connectivity index (χ4v) is 1.19. The van der Waals surface area contributed by atoms with E-state index in [1.807, 2.05) is 6.92 Å². The lowest BCUT2D eigenvalue weighted by molar-refractivity contribution is -0.143. The van der Waals surface area contributed by atoms with Crippen molar-refractivity contribution in [2.75, 3.05) is 6.61 Å². The Morgan fingerprint density at radius 2 is 1.93 bits per heavy atom. The van der Waals surface area contributed by atoms with E-state index in [0.717, 1.165) is 19.3 Å². The van der Waals surface area contributed by atoms with E-state index in [1.54, 1.807) is 0 Å². The zero-order valence-electron chi connectivity index (χ0n) is 10.1. The Morgan fingerprint density at radius 1 is 1.29 bits per heavy atom. The van der Waals surface area contributed by atoms with Crippen molar-refractivity contribution in [3.05, 3.63) is 0 Å². The van der Waals surface area contributed by atoms with Crippen molar-refractivity contribution in [3.63, 3.8) is 0 Å². The van der Waals surface area contributed by atoms with Crippen LogP contribution >= 0.6 is 0 Å². The average Bonchev–Trinajstić information content (AvgIpc) is 2.13. The van der Waals surface area contributed by atoms with Crippen LogP contribution in [0.25, 0.3) is 0 Å². The Bertz CT molecular complexity index is 162. The molecule has 0 aliphatic carbocycles. The molecule has 0 atom stereocenters. The third-order valence-corrected chi connectivity index (χ3v) is 2.67. The number of carbonyl (C=O) groups is 1. The highest BCUT2D eigenvalue weighted by Gasteiger charge is 2.14. The second-order valence-electron chi connectivity index (χ2n) is 4.59. The molecule has 0 unspecified atom stereocenters. The molecule has 0 heterocycles. The van der Waals surface area contributed by atoms with Gasteiger partial charge in [0, 0.05) is 6.42 Å². The van der Waals surface area contributed by atoms with Gasteiger partial charge < -0.3 is 4.74 Å². The molecule has 0 saturated heterocycles. The minimum atomic E-state index is -0.0539. The standard InChI is InChI=1S/C12H24O2/c1-5-8-11(13)14-10-7-9-12(3,4)6-2/h5-10H2,1-4H3. The summed E-state index contributed by atoms with van der Waals surface area (Å²) >= 11 is 0. The highest BCUT2D eigenvalue weighted by molar-refractivity contribution is 5.69. The first-order chi connectivity index (χ1) is 6.52. The quantitative estimate of drug-likeness (QED) is 0.464. The van der Waals surface area contributed by atoms with Crippen LogP contribution in [0.1, 0.15) is 59.8 Å². The monoisotopic (exact) mass is 200 g/mol. The Labute approximate surface area is 88.0 Å². The largest absolute Gasteiger partial charge is 0.466 e. The average molecular weight is 200 g/mol. The van der Waals surface area contributed by atoms with E-state index in [2.05, 4.69) is 20.8 Å². The second kappa shape index (κ2) is 6.86. The van der Waals surface area contributed by atoms with Crippen LogP contribution in [-0.4, -0.2) is 12.6 Å². The van der Waals surface area contributed by atoms with Crippen LogP contribution in [-0.2, 0) is 9.53 Å². The van der Waals surface area contributed by atoms with Crippen molar-refractivity contribution < 1.29 is 9.53 Å². The van der Waals surface area contributed by atoms with Gasteiger partial charge >= 0.3 is 5.97 Å². The number of rotatable bonds is 7. The van der Waals surface area contributed by atoms with Crippen molar-refractivity contribution in [2.24, 2.45) is 5.41 Å². The van der Waals surface area contributed by atoms with Crippen molar-refractivity contribution in [2.45, 2.75) is 59.8 Å². The zero-order valence-corrected chi connectivity index (χ0v) is 10.1. The molecule has 0 amide bonds. The second-order valence-corrected chi connectivity index (χ2v) is 4.59. The predicted molar refractivity (Wildman–Crippen MR) is 59.2 cm³/mol. The van der Waals surface area contributed by atoms with Gasteiger partial charge in [-0.15, -0.1) is 0 Å². The van der Waals surface area contributed by atoms with Crippen molar-refractivity contribution >= 4 is 5.97 Å². The SMILES string of the molecule is CCCC(=O)OCCCC(C)(C)CC. The molecule has 0 saturated carbocycles. The van der Waals surface area contributed by atoms with Crippen LogP contribution in [0.4, 0.5) is 0 Å². The number of ether oxygens (including phenoxy) is 1. The van der Waals surface area contributed by atoms with E-state index < -0.39 is 0 Å². The third kappa shape index (κ3) is 6.93. The molecule has 0 aromatic rings. The minimum absolute atomic E-state index is 0.0539. The first-order valence-corrected chi connectivity index (χ1v) is 5.67. The van der Waals surface area contributed by atoms with Crippen LogP contribution in [0.2, 0.25) is 0 Å². The van der Waals surface area contributed by atoms with E-state index in [-0.39, 0.29) is 5.97 Å². The Morgan fingerprint density at radius 3 is 2.43 bits per heavy atom. The first kappa shape index (κ1) is 13.5. The van der Waals surface area contributed by atoms with E-state index in [4.69, 9.17) is 4.74 Å². The van der Waals surface area contributed by atoms with Gasteiger partial charge in [0.05, 0.1) is 6.61 Å². The predicted octanol–water partition coefficient (Wildman–Crippen LogP) is 3.55. The maximum absolute atomic E-state index is 11.0. The number of hydrogen-bond acceptors (Lipinski definition) is 2. The summed E-state index contributed by atoms with van der Waals surface area (Å²) in [6.45, 7) is 9.27. The van der Waals surface area contributed by atoms with Gasteiger partial charge in [0.25, 0.3) is 0 Å². The minimum Gasteiger partial charge on any atom is -0.466 e. The molecular formula is C12H24O2. The van der Waals surface area contributed by atoms with Crippen LogP contribution in [0.15, 0.2) is 0 Å². The summed E-state index contributed by atoms with van der Waals surface area (Å²) in [6.07, 6.45) is 4.71. The van der Waals surface area contributed by atoms with E-state index in [0.29, 0.717) is 18.4 Å². The molecule has 14 heavy (non-hydrogen) atoms. The summed E-state index contributed by atoms with van der Waals surface area (Å²) < 4.78 is 5.08. The van der Waals surface area contributed by atoms with Gasteiger partial charge in [-0.25, -0.2) is 0 Å². The topological polar surface area (TPSA) is 26.3 Å². The summed E-state index contributed by atoms with van der Waals surface area (Å²) in [7, 11) is 0. The molecule has 0 aromatic heterocycles. The molecular weight excluding hydrogens is 176 g/mol. The molecule has 0 aromatic carbocycles. The van der Waals surface area contributed by atoms with E-state index in [1.165, 1.54) is 6.42 Å². The Kier molecular flexibility index (Phi) is 6.60. The van der Waals surface area contributed by atoms with Crippen LogP contribution in [0.5, 0.6) is 0 Å². The fraction of sp³-hybridized carbons (Fsp3) is 0.917. The highest BCUT2D eigenvalue weighted by atomic mass is 16.5. The fourth-order valence-electron chi connectivity index (χ4n) is 1.19. The third-order valence-electron chi connectivity index (χ3n) is 2.67. The molecule has 0 spiro atoms. The first-order valence-electron chi connectivity index (χ1n) is 5.67. The molecule has 0 N–H and O–H groups in total. The lowest BCUT2D eigenvalue weighted by Crippen LogP contribution is -2.12. The maximum atomic E-state index is 11.0. The molecule has 0 fully saturated rings. The van der Waals surface area contributed by atoms with Crippen LogP contribution < -0.4 is 0 Å². The van der Waals surface area contributed by atoms with Gasteiger partial charge in [0.15, 0.2) is 0 Å². The molecule has 0 aliphatic heterocycles. The lowest BCUT2D eigenvalue weighted by Gasteiger charge is -2.21. The summed E-state index contributed by atoms with van der Waals surface area (Å²) in [4.78, 5) is 11.0. The van der Waals surface area contributed by atoms with Crippen LogP contribution in [0, 0.1) is 5.41 Å². The summed E-state index contributed by atoms with van der Waals surface area (Å²) in [5, 5.41) is 0. The van der Waals surface area contributed by atoms with E-state index >= 15 is 0 Å². The van der Waals surface area contributed by atoms with Gasteiger partial charge in [0.1, 0.15) is 0 Å². The maximum Gasteiger partial charge on any atom is 0.305 e. The number of carbonyl (C=O) groups excluding carboxylic acids is 1. The van der Waals surface area contributed by atoms with Crippen molar-refractivity contribution in [1.29, 1.82) is 0 Å².